The molecule has 3 aromatic carbocycles. The molecule has 0 bridgehead atoms. The number of aromatic nitrogens is 1. The van der Waals surface area contributed by atoms with Gasteiger partial charge in [-0.2, -0.15) is 0 Å². The van der Waals surface area contributed by atoms with Crippen LogP contribution in [0.3, 0.4) is 0 Å². The molecule has 144 valence electrons. The number of para-hydroxylation sites is 1. The monoisotopic (exact) mass is 399 g/mol. The molecule has 4 rings (SSSR count). The Kier molecular flexibility index (Phi) is 5.40. The second-order valence-electron chi connectivity index (χ2n) is 6.83. The molecule has 0 saturated heterocycles. The molecule has 0 unspecified atom stereocenters. The highest BCUT2D eigenvalue weighted by Gasteiger charge is 2.10. The molecule has 2 N–H and O–H groups in total. The fourth-order valence-electron chi connectivity index (χ4n) is 3.07. The first kappa shape index (κ1) is 18.9. The van der Waals surface area contributed by atoms with Crippen molar-refractivity contribution in [1.29, 1.82) is 0 Å². The molecular formula is C24H21N3OS. The standard InChI is InChI=1S/C24H21N3OS/c1-16-8-3-5-12-20(16)23(28)25-19-11-7-10-18(14-19)22-15-29-24(27-22)26-21-13-6-4-9-17(21)2/h3-15H,1-2H3,(H,25,28)(H,26,27). The lowest BCUT2D eigenvalue weighted by Gasteiger charge is -2.08. The van der Waals surface area contributed by atoms with Gasteiger partial charge in [0.15, 0.2) is 5.13 Å². The smallest absolute Gasteiger partial charge is 0.255 e. The minimum absolute atomic E-state index is 0.111. The summed E-state index contributed by atoms with van der Waals surface area (Å²) in [5.74, 6) is -0.111. The summed E-state index contributed by atoms with van der Waals surface area (Å²) in [5.41, 5.74) is 6.43. The molecule has 29 heavy (non-hydrogen) atoms. The van der Waals surface area contributed by atoms with Gasteiger partial charge < -0.3 is 10.6 Å². The lowest BCUT2D eigenvalue weighted by Crippen LogP contribution is -2.13. The number of benzene rings is 3. The Labute approximate surface area is 174 Å². The van der Waals surface area contributed by atoms with Gasteiger partial charge in [0.2, 0.25) is 0 Å². The van der Waals surface area contributed by atoms with E-state index in [2.05, 4.69) is 23.6 Å². The number of aryl methyl sites for hydroxylation is 2. The van der Waals surface area contributed by atoms with Crippen LogP contribution >= 0.6 is 11.3 Å². The molecule has 1 aromatic heterocycles. The van der Waals surface area contributed by atoms with Crippen LogP contribution in [0.15, 0.2) is 78.2 Å². The van der Waals surface area contributed by atoms with Gasteiger partial charge >= 0.3 is 0 Å². The van der Waals surface area contributed by atoms with E-state index in [0.717, 1.165) is 33.3 Å². The van der Waals surface area contributed by atoms with E-state index in [-0.39, 0.29) is 5.91 Å². The fraction of sp³-hybridized carbons (Fsp3) is 0.0833. The van der Waals surface area contributed by atoms with Crippen LogP contribution < -0.4 is 10.6 Å². The van der Waals surface area contributed by atoms with Crippen LogP contribution in [0.4, 0.5) is 16.5 Å². The topological polar surface area (TPSA) is 54.0 Å². The Morgan fingerprint density at radius 1 is 0.897 bits per heavy atom. The van der Waals surface area contributed by atoms with Crippen molar-refractivity contribution in [2.45, 2.75) is 13.8 Å². The summed E-state index contributed by atoms with van der Waals surface area (Å²) in [5, 5.41) is 9.21. The average molecular weight is 400 g/mol. The minimum atomic E-state index is -0.111. The van der Waals surface area contributed by atoms with Gasteiger partial charge in [0, 0.05) is 27.9 Å². The highest BCUT2D eigenvalue weighted by molar-refractivity contribution is 7.14. The summed E-state index contributed by atoms with van der Waals surface area (Å²) in [6.07, 6.45) is 0. The van der Waals surface area contributed by atoms with Crippen molar-refractivity contribution in [2.75, 3.05) is 10.6 Å². The summed E-state index contributed by atoms with van der Waals surface area (Å²) in [7, 11) is 0. The van der Waals surface area contributed by atoms with Crippen LogP contribution in [-0.2, 0) is 0 Å². The molecule has 0 aliphatic rings. The number of anilines is 3. The second-order valence-corrected chi connectivity index (χ2v) is 7.69. The van der Waals surface area contributed by atoms with Gasteiger partial charge in [-0.05, 0) is 49.2 Å². The van der Waals surface area contributed by atoms with E-state index in [9.17, 15) is 4.79 Å². The quantitative estimate of drug-likeness (QED) is 0.407. The first-order valence-corrected chi connectivity index (χ1v) is 10.2. The van der Waals surface area contributed by atoms with Crippen molar-refractivity contribution in [3.63, 3.8) is 0 Å². The normalized spacial score (nSPS) is 10.6. The van der Waals surface area contributed by atoms with Gasteiger partial charge in [-0.25, -0.2) is 4.98 Å². The molecule has 0 radical (unpaired) electrons. The van der Waals surface area contributed by atoms with Gasteiger partial charge in [-0.1, -0.05) is 48.5 Å². The maximum absolute atomic E-state index is 12.6. The van der Waals surface area contributed by atoms with E-state index < -0.39 is 0 Å². The van der Waals surface area contributed by atoms with E-state index >= 15 is 0 Å². The Morgan fingerprint density at radius 3 is 2.45 bits per heavy atom. The van der Waals surface area contributed by atoms with Crippen molar-refractivity contribution in [1.82, 2.24) is 4.98 Å². The van der Waals surface area contributed by atoms with Gasteiger partial charge in [0.25, 0.3) is 5.91 Å². The van der Waals surface area contributed by atoms with E-state index in [0.29, 0.717) is 5.56 Å². The maximum atomic E-state index is 12.6. The van der Waals surface area contributed by atoms with E-state index in [1.165, 1.54) is 5.56 Å². The molecule has 5 heteroatoms. The largest absolute Gasteiger partial charge is 0.331 e. The van der Waals surface area contributed by atoms with Crippen molar-refractivity contribution in [2.24, 2.45) is 0 Å². The predicted molar refractivity (Wildman–Crippen MR) is 121 cm³/mol. The zero-order chi connectivity index (χ0) is 20.2. The highest BCUT2D eigenvalue weighted by Crippen LogP contribution is 2.29. The Bertz CT molecular complexity index is 1170. The molecule has 0 saturated carbocycles. The summed E-state index contributed by atoms with van der Waals surface area (Å²) < 4.78 is 0. The molecule has 4 aromatic rings. The maximum Gasteiger partial charge on any atom is 0.255 e. The number of hydrogen-bond donors (Lipinski definition) is 2. The van der Waals surface area contributed by atoms with Crippen LogP contribution in [0.2, 0.25) is 0 Å². The summed E-state index contributed by atoms with van der Waals surface area (Å²) in [6, 6.07) is 23.5. The second kappa shape index (κ2) is 8.29. The van der Waals surface area contributed by atoms with Crippen molar-refractivity contribution in [3.8, 4) is 11.3 Å². The third-order valence-electron chi connectivity index (χ3n) is 4.70. The zero-order valence-corrected chi connectivity index (χ0v) is 17.1. The number of hydrogen-bond acceptors (Lipinski definition) is 4. The van der Waals surface area contributed by atoms with Gasteiger partial charge in [-0.3, -0.25) is 4.79 Å². The molecule has 4 nitrogen and oxygen atoms in total. The summed E-state index contributed by atoms with van der Waals surface area (Å²) in [4.78, 5) is 17.3. The van der Waals surface area contributed by atoms with E-state index in [4.69, 9.17) is 4.98 Å². The number of thiazole rings is 1. The fourth-order valence-corrected chi connectivity index (χ4v) is 3.81. The first-order chi connectivity index (χ1) is 14.1. The van der Waals surface area contributed by atoms with Gasteiger partial charge in [-0.15, -0.1) is 11.3 Å². The molecule has 1 amide bonds. The molecule has 0 fully saturated rings. The lowest BCUT2D eigenvalue weighted by atomic mass is 10.1. The lowest BCUT2D eigenvalue weighted by molar-refractivity contribution is 0.102. The SMILES string of the molecule is Cc1ccccc1Nc1nc(-c2cccc(NC(=O)c3ccccc3C)c2)cs1. The number of carbonyl (C=O) groups excluding carboxylic acids is 1. The van der Waals surface area contributed by atoms with Gasteiger partial charge in [0.1, 0.15) is 0 Å². The molecule has 0 atom stereocenters. The number of nitrogens with one attached hydrogen (secondary N) is 2. The zero-order valence-electron chi connectivity index (χ0n) is 16.3. The van der Waals surface area contributed by atoms with Crippen molar-refractivity contribution < 1.29 is 4.79 Å². The van der Waals surface area contributed by atoms with Crippen molar-refractivity contribution >= 4 is 33.8 Å². The molecule has 1 heterocycles. The summed E-state index contributed by atoms with van der Waals surface area (Å²) >= 11 is 1.56. The number of amides is 1. The molecule has 0 aliphatic heterocycles. The highest BCUT2D eigenvalue weighted by atomic mass is 32.1. The van der Waals surface area contributed by atoms with E-state index in [1.807, 2.05) is 79.0 Å². The Morgan fingerprint density at radius 2 is 1.66 bits per heavy atom. The van der Waals surface area contributed by atoms with Crippen LogP contribution in [0, 0.1) is 13.8 Å². The molecular weight excluding hydrogens is 378 g/mol. The average Bonchev–Trinajstić information content (AvgIpc) is 3.19. The Hall–Kier alpha value is -3.44. The molecule has 0 spiro atoms. The summed E-state index contributed by atoms with van der Waals surface area (Å²) in [6.45, 7) is 4.00. The van der Waals surface area contributed by atoms with E-state index in [1.54, 1.807) is 11.3 Å². The Balaban J connectivity index is 1.52. The predicted octanol–water partition coefficient (Wildman–Crippen LogP) is 6.42. The van der Waals surface area contributed by atoms with Crippen LogP contribution in [0.25, 0.3) is 11.3 Å². The first-order valence-electron chi connectivity index (χ1n) is 9.36. The van der Waals surface area contributed by atoms with Crippen LogP contribution in [-0.4, -0.2) is 10.9 Å². The molecule has 0 aliphatic carbocycles. The third kappa shape index (κ3) is 4.36. The minimum Gasteiger partial charge on any atom is -0.331 e. The van der Waals surface area contributed by atoms with Crippen LogP contribution in [0.1, 0.15) is 21.5 Å². The number of carbonyl (C=O) groups is 1. The van der Waals surface area contributed by atoms with Crippen molar-refractivity contribution in [3.05, 3.63) is 94.9 Å². The number of rotatable bonds is 5. The third-order valence-corrected chi connectivity index (χ3v) is 5.45. The van der Waals surface area contributed by atoms with Gasteiger partial charge in [0.05, 0.1) is 5.69 Å². The van der Waals surface area contributed by atoms with Crippen LogP contribution in [0.5, 0.6) is 0 Å². The number of nitrogens with zero attached hydrogens (tertiary/aromatic N) is 1.